The largest absolute Gasteiger partial charge is 0.461 e. The van der Waals surface area contributed by atoms with Crippen molar-refractivity contribution >= 4 is 17.6 Å². The van der Waals surface area contributed by atoms with Crippen LogP contribution in [0.5, 0.6) is 0 Å². The summed E-state index contributed by atoms with van der Waals surface area (Å²) in [7, 11) is 0. The van der Waals surface area contributed by atoms with Crippen LogP contribution in [0.1, 0.15) is 30.3 Å². The number of amides is 1. The molecule has 0 aromatic carbocycles. The van der Waals surface area contributed by atoms with Crippen molar-refractivity contribution in [2.24, 2.45) is 0 Å². The Balaban J connectivity index is 1.91. The second kappa shape index (κ2) is 7.07. The summed E-state index contributed by atoms with van der Waals surface area (Å²) in [6, 6.07) is 0.128. The molecule has 1 aromatic rings. The maximum Gasteiger partial charge on any atom is 0.361 e. The van der Waals surface area contributed by atoms with Crippen molar-refractivity contribution in [3.8, 4) is 0 Å². The standard InChI is InChI=1S/C13H20N4O4/c1-2-21-13(19)12-10(14)7-17(16-12)8-11(18)15-9-3-5-20-6-4-9/h7,9H,2-6,8,14H2,1H3,(H,15,18). The average molecular weight is 296 g/mol. The lowest BCUT2D eigenvalue weighted by Crippen LogP contribution is -2.40. The Morgan fingerprint density at radius 1 is 1.52 bits per heavy atom. The smallest absolute Gasteiger partial charge is 0.361 e. The Labute approximate surface area is 122 Å². The lowest BCUT2D eigenvalue weighted by Gasteiger charge is -2.23. The first-order valence-electron chi connectivity index (χ1n) is 6.97. The molecule has 0 unspecified atom stereocenters. The Hall–Kier alpha value is -2.09. The van der Waals surface area contributed by atoms with Gasteiger partial charge in [-0.05, 0) is 19.8 Å². The third-order valence-electron chi connectivity index (χ3n) is 3.15. The van der Waals surface area contributed by atoms with Crippen molar-refractivity contribution in [1.29, 1.82) is 0 Å². The fourth-order valence-electron chi connectivity index (χ4n) is 2.14. The summed E-state index contributed by atoms with van der Waals surface area (Å²) in [5.41, 5.74) is 5.94. The van der Waals surface area contributed by atoms with Crippen LogP contribution in [0.3, 0.4) is 0 Å². The zero-order valence-corrected chi connectivity index (χ0v) is 12.0. The van der Waals surface area contributed by atoms with Crippen molar-refractivity contribution in [3.05, 3.63) is 11.9 Å². The van der Waals surface area contributed by atoms with Crippen LogP contribution >= 0.6 is 0 Å². The van der Waals surface area contributed by atoms with Gasteiger partial charge in [0, 0.05) is 25.5 Å². The lowest BCUT2D eigenvalue weighted by atomic mass is 10.1. The number of ether oxygens (including phenoxy) is 2. The summed E-state index contributed by atoms with van der Waals surface area (Å²) in [6.45, 7) is 3.28. The highest BCUT2D eigenvalue weighted by Crippen LogP contribution is 2.11. The summed E-state index contributed by atoms with van der Waals surface area (Å²) >= 11 is 0. The fourth-order valence-corrected chi connectivity index (χ4v) is 2.14. The molecular formula is C13H20N4O4. The van der Waals surface area contributed by atoms with Gasteiger partial charge in [-0.1, -0.05) is 0 Å². The van der Waals surface area contributed by atoms with Crippen LogP contribution in [0.2, 0.25) is 0 Å². The molecule has 2 heterocycles. The van der Waals surface area contributed by atoms with Gasteiger partial charge in [0.1, 0.15) is 6.54 Å². The van der Waals surface area contributed by atoms with Crippen LogP contribution in [0.15, 0.2) is 6.20 Å². The van der Waals surface area contributed by atoms with E-state index >= 15 is 0 Å². The van der Waals surface area contributed by atoms with E-state index in [0.717, 1.165) is 12.8 Å². The van der Waals surface area contributed by atoms with Crippen molar-refractivity contribution in [2.45, 2.75) is 32.4 Å². The predicted octanol–water partition coefficient (Wildman–Crippen LogP) is -0.0628. The molecule has 0 bridgehead atoms. The van der Waals surface area contributed by atoms with Crippen LogP contribution < -0.4 is 11.1 Å². The molecular weight excluding hydrogens is 276 g/mol. The Kier molecular flexibility index (Phi) is 5.15. The minimum atomic E-state index is -0.585. The van der Waals surface area contributed by atoms with Crippen molar-refractivity contribution in [2.75, 3.05) is 25.6 Å². The summed E-state index contributed by atoms with van der Waals surface area (Å²) in [5, 5.41) is 6.91. The van der Waals surface area contributed by atoms with Gasteiger partial charge in [0.15, 0.2) is 5.69 Å². The number of esters is 1. The van der Waals surface area contributed by atoms with E-state index in [-0.39, 0.29) is 36.5 Å². The van der Waals surface area contributed by atoms with Crippen LogP contribution in [-0.2, 0) is 20.8 Å². The first-order valence-corrected chi connectivity index (χ1v) is 6.97. The molecule has 21 heavy (non-hydrogen) atoms. The number of nitrogens with zero attached hydrogens (tertiary/aromatic N) is 2. The molecule has 0 saturated carbocycles. The fraction of sp³-hybridized carbons (Fsp3) is 0.615. The summed E-state index contributed by atoms with van der Waals surface area (Å²) in [4.78, 5) is 23.5. The maximum absolute atomic E-state index is 11.9. The number of anilines is 1. The number of hydrogen-bond donors (Lipinski definition) is 2. The van der Waals surface area contributed by atoms with Crippen molar-refractivity contribution in [3.63, 3.8) is 0 Å². The summed E-state index contributed by atoms with van der Waals surface area (Å²) < 4.78 is 11.4. The highest BCUT2D eigenvalue weighted by Gasteiger charge is 2.19. The minimum Gasteiger partial charge on any atom is -0.461 e. The number of carbonyl (C=O) groups excluding carboxylic acids is 2. The van der Waals surface area contributed by atoms with Gasteiger partial charge >= 0.3 is 5.97 Å². The van der Waals surface area contributed by atoms with Gasteiger partial charge in [-0.3, -0.25) is 9.48 Å². The molecule has 116 valence electrons. The molecule has 0 aliphatic carbocycles. The molecule has 0 radical (unpaired) electrons. The number of carbonyl (C=O) groups is 2. The van der Waals surface area contributed by atoms with Gasteiger partial charge in [-0.15, -0.1) is 0 Å². The molecule has 0 atom stereocenters. The predicted molar refractivity (Wildman–Crippen MR) is 74.6 cm³/mol. The zero-order chi connectivity index (χ0) is 15.2. The van der Waals surface area contributed by atoms with Gasteiger partial charge in [-0.2, -0.15) is 5.10 Å². The van der Waals surface area contributed by atoms with Gasteiger partial charge in [-0.25, -0.2) is 4.79 Å². The van der Waals surface area contributed by atoms with Crippen LogP contribution in [-0.4, -0.2) is 47.5 Å². The molecule has 8 nitrogen and oxygen atoms in total. The van der Waals surface area contributed by atoms with Crippen LogP contribution in [0.4, 0.5) is 5.69 Å². The monoisotopic (exact) mass is 296 g/mol. The molecule has 1 aromatic heterocycles. The van der Waals surface area contributed by atoms with E-state index < -0.39 is 5.97 Å². The molecule has 1 saturated heterocycles. The molecule has 0 spiro atoms. The number of nitrogens with one attached hydrogen (secondary N) is 1. The molecule has 2 rings (SSSR count). The number of aromatic nitrogens is 2. The van der Waals surface area contributed by atoms with Crippen LogP contribution in [0, 0.1) is 0 Å². The highest BCUT2D eigenvalue weighted by atomic mass is 16.5. The number of hydrogen-bond acceptors (Lipinski definition) is 6. The zero-order valence-electron chi connectivity index (χ0n) is 12.0. The highest BCUT2D eigenvalue weighted by molar-refractivity contribution is 5.92. The maximum atomic E-state index is 11.9. The van der Waals surface area contributed by atoms with Gasteiger partial charge < -0.3 is 20.5 Å². The molecule has 8 heteroatoms. The van der Waals surface area contributed by atoms with Gasteiger partial charge in [0.05, 0.1) is 12.3 Å². The first kappa shape index (κ1) is 15.3. The Morgan fingerprint density at radius 2 is 2.24 bits per heavy atom. The molecule has 1 fully saturated rings. The quantitative estimate of drug-likeness (QED) is 0.737. The third kappa shape index (κ3) is 4.19. The normalized spacial score (nSPS) is 15.7. The second-order valence-corrected chi connectivity index (χ2v) is 4.81. The van der Waals surface area contributed by atoms with Gasteiger partial charge in [0.25, 0.3) is 0 Å². The van der Waals surface area contributed by atoms with E-state index in [9.17, 15) is 9.59 Å². The van der Waals surface area contributed by atoms with Crippen LogP contribution in [0.25, 0.3) is 0 Å². The number of nitrogen functional groups attached to an aromatic ring is 1. The molecule has 1 aliphatic rings. The third-order valence-corrected chi connectivity index (χ3v) is 3.15. The van der Waals surface area contributed by atoms with E-state index in [0.29, 0.717) is 13.2 Å². The summed E-state index contributed by atoms with van der Waals surface area (Å²) in [5.74, 6) is -0.751. The Morgan fingerprint density at radius 3 is 2.90 bits per heavy atom. The Bertz CT molecular complexity index is 508. The minimum absolute atomic E-state index is 0.0148. The van der Waals surface area contributed by atoms with E-state index in [2.05, 4.69) is 10.4 Å². The van der Waals surface area contributed by atoms with E-state index in [1.807, 2.05) is 0 Å². The molecule has 1 aliphatic heterocycles. The van der Waals surface area contributed by atoms with E-state index in [4.69, 9.17) is 15.2 Å². The topological polar surface area (TPSA) is 108 Å². The average Bonchev–Trinajstić information content (AvgIpc) is 2.80. The second-order valence-electron chi connectivity index (χ2n) is 4.81. The molecule has 3 N–H and O–H groups in total. The number of nitrogens with two attached hydrogens (primary N) is 1. The number of rotatable bonds is 5. The summed E-state index contributed by atoms with van der Waals surface area (Å²) in [6.07, 6.45) is 3.07. The van der Waals surface area contributed by atoms with E-state index in [1.54, 1.807) is 6.92 Å². The molecule has 1 amide bonds. The van der Waals surface area contributed by atoms with E-state index in [1.165, 1.54) is 10.9 Å². The SMILES string of the molecule is CCOC(=O)c1nn(CC(=O)NC2CCOCC2)cc1N. The first-order chi connectivity index (χ1) is 10.1. The van der Waals surface area contributed by atoms with Crippen molar-refractivity contribution < 1.29 is 19.1 Å². The lowest BCUT2D eigenvalue weighted by molar-refractivity contribution is -0.123. The van der Waals surface area contributed by atoms with Gasteiger partial charge in [0.2, 0.25) is 5.91 Å². The van der Waals surface area contributed by atoms with Crippen molar-refractivity contribution in [1.82, 2.24) is 15.1 Å².